The third-order valence-electron chi connectivity index (χ3n) is 4.83. The predicted octanol–water partition coefficient (Wildman–Crippen LogP) is 4.23. The van der Waals surface area contributed by atoms with Gasteiger partial charge in [-0.25, -0.2) is 0 Å². The lowest BCUT2D eigenvalue weighted by molar-refractivity contribution is -0.384. The summed E-state index contributed by atoms with van der Waals surface area (Å²) in [7, 11) is 4.74. The van der Waals surface area contributed by atoms with E-state index in [1.807, 2.05) is 16.7 Å². The van der Waals surface area contributed by atoms with Crippen molar-refractivity contribution < 1.29 is 23.9 Å². The van der Waals surface area contributed by atoms with Gasteiger partial charge in [-0.15, -0.1) is 11.3 Å². The van der Waals surface area contributed by atoms with Crippen LogP contribution in [0, 0.1) is 10.1 Å². The average molecular weight is 474 g/mol. The van der Waals surface area contributed by atoms with Gasteiger partial charge in [0, 0.05) is 48.0 Å². The van der Waals surface area contributed by atoms with Crippen LogP contribution >= 0.6 is 22.7 Å². The summed E-state index contributed by atoms with van der Waals surface area (Å²) in [4.78, 5) is 28.8. The van der Waals surface area contributed by atoms with Crippen molar-refractivity contribution in [2.24, 2.45) is 4.99 Å². The molecule has 11 heteroatoms. The molecule has 2 aromatic carbocycles. The smallest absolute Gasteiger partial charge is 0.289 e. The molecule has 0 aliphatic heterocycles. The topological polar surface area (TPSA) is 105 Å². The molecule has 0 N–H and O–H groups in total. The summed E-state index contributed by atoms with van der Waals surface area (Å²) in [5, 5.41) is 11.7. The molecule has 9 nitrogen and oxygen atoms in total. The van der Waals surface area contributed by atoms with E-state index in [0.717, 1.165) is 14.9 Å². The van der Waals surface area contributed by atoms with Crippen molar-refractivity contribution in [1.82, 2.24) is 4.57 Å². The van der Waals surface area contributed by atoms with E-state index in [9.17, 15) is 14.9 Å². The Morgan fingerprint density at radius 2 is 1.81 bits per heavy atom. The third-order valence-corrected chi connectivity index (χ3v) is 6.97. The van der Waals surface area contributed by atoms with Crippen LogP contribution in [0.2, 0.25) is 0 Å². The number of methoxy groups -OCH3 is 3. The van der Waals surface area contributed by atoms with E-state index in [0.29, 0.717) is 39.7 Å². The number of nitrogens with zero attached hydrogens (tertiary/aromatic N) is 3. The van der Waals surface area contributed by atoms with Gasteiger partial charge in [0.15, 0.2) is 16.3 Å². The Bertz CT molecular complexity index is 1400. The molecule has 0 spiro atoms. The van der Waals surface area contributed by atoms with Crippen LogP contribution in [0.5, 0.6) is 11.5 Å². The van der Waals surface area contributed by atoms with Gasteiger partial charge in [-0.3, -0.25) is 14.9 Å². The number of nitro groups is 1. The quantitative estimate of drug-likeness (QED) is 0.294. The van der Waals surface area contributed by atoms with Crippen molar-refractivity contribution in [2.45, 2.75) is 6.54 Å². The molecule has 0 atom stereocenters. The minimum absolute atomic E-state index is 0.0175. The second-order valence-corrected chi connectivity index (χ2v) is 8.80. The normalized spacial score (nSPS) is 11.9. The molecule has 0 aliphatic rings. The summed E-state index contributed by atoms with van der Waals surface area (Å²) in [6.45, 7) is 0.935. The highest BCUT2D eigenvalue weighted by Gasteiger charge is 2.16. The molecule has 0 saturated carbocycles. The van der Waals surface area contributed by atoms with Gasteiger partial charge in [0.05, 0.1) is 40.8 Å². The summed E-state index contributed by atoms with van der Waals surface area (Å²) in [5.74, 6) is 0.752. The Kier molecular flexibility index (Phi) is 6.21. The number of thiophene rings is 1. The van der Waals surface area contributed by atoms with Gasteiger partial charge in [-0.1, -0.05) is 11.3 Å². The van der Waals surface area contributed by atoms with Gasteiger partial charge in [0.2, 0.25) is 0 Å². The van der Waals surface area contributed by atoms with Gasteiger partial charge in [-0.2, -0.15) is 4.99 Å². The van der Waals surface area contributed by atoms with E-state index < -0.39 is 10.8 Å². The fraction of sp³-hybridized carbons (Fsp3) is 0.238. The fourth-order valence-corrected chi connectivity index (χ4v) is 5.26. The minimum Gasteiger partial charge on any atom is -0.493 e. The van der Waals surface area contributed by atoms with Crippen LogP contribution in [0.3, 0.4) is 0 Å². The van der Waals surface area contributed by atoms with Crippen LogP contribution in [-0.4, -0.2) is 43.3 Å². The molecule has 32 heavy (non-hydrogen) atoms. The zero-order chi connectivity index (χ0) is 22.8. The average Bonchev–Trinajstić information content (AvgIpc) is 3.36. The summed E-state index contributed by atoms with van der Waals surface area (Å²) in [5.41, 5.74) is 0.833. The maximum absolute atomic E-state index is 13.0. The number of hydrogen-bond donors (Lipinski definition) is 0. The highest BCUT2D eigenvalue weighted by Crippen LogP contribution is 2.34. The van der Waals surface area contributed by atoms with Crippen LogP contribution < -0.4 is 14.3 Å². The number of thiazole rings is 1. The lowest BCUT2D eigenvalue weighted by atomic mass is 10.2. The van der Waals surface area contributed by atoms with Crippen molar-refractivity contribution in [3.05, 3.63) is 56.2 Å². The minimum atomic E-state index is -0.457. The van der Waals surface area contributed by atoms with Crippen LogP contribution in [0.25, 0.3) is 20.3 Å². The fourth-order valence-electron chi connectivity index (χ4n) is 3.27. The monoisotopic (exact) mass is 473 g/mol. The third kappa shape index (κ3) is 4.09. The number of carbonyl (C=O) groups excluding carboxylic acids is 1. The van der Waals surface area contributed by atoms with Crippen LogP contribution in [0.4, 0.5) is 5.69 Å². The zero-order valence-electron chi connectivity index (χ0n) is 17.5. The molecule has 1 amide bonds. The Morgan fingerprint density at radius 1 is 1.06 bits per heavy atom. The summed E-state index contributed by atoms with van der Waals surface area (Å²) < 4.78 is 19.6. The van der Waals surface area contributed by atoms with Crippen molar-refractivity contribution in [1.29, 1.82) is 0 Å². The Labute approximate surface area is 190 Å². The second-order valence-electron chi connectivity index (χ2n) is 6.71. The number of nitro benzene ring substituents is 1. The van der Waals surface area contributed by atoms with E-state index in [1.165, 1.54) is 34.8 Å². The van der Waals surface area contributed by atoms with Gasteiger partial charge >= 0.3 is 0 Å². The van der Waals surface area contributed by atoms with Gasteiger partial charge in [0.25, 0.3) is 11.6 Å². The lowest BCUT2D eigenvalue weighted by Gasteiger charge is -2.09. The molecule has 166 valence electrons. The van der Waals surface area contributed by atoms with E-state index >= 15 is 0 Å². The molecular formula is C21H19N3O6S2. The number of non-ortho nitro benzene ring substituents is 1. The predicted molar refractivity (Wildman–Crippen MR) is 123 cm³/mol. The maximum atomic E-state index is 13.0. The summed E-state index contributed by atoms with van der Waals surface area (Å²) in [6.07, 6.45) is 0. The largest absolute Gasteiger partial charge is 0.493 e. The first kappa shape index (κ1) is 21.9. The molecule has 2 aromatic heterocycles. The van der Waals surface area contributed by atoms with E-state index in [4.69, 9.17) is 14.2 Å². The van der Waals surface area contributed by atoms with E-state index in [2.05, 4.69) is 4.99 Å². The number of hydrogen-bond acceptors (Lipinski definition) is 8. The number of aromatic nitrogens is 1. The number of benzene rings is 2. The number of amides is 1. The molecule has 0 radical (unpaired) electrons. The molecule has 2 heterocycles. The van der Waals surface area contributed by atoms with Gasteiger partial charge in [-0.05, 0) is 12.1 Å². The molecule has 0 aliphatic carbocycles. The van der Waals surface area contributed by atoms with Crippen molar-refractivity contribution in [2.75, 3.05) is 27.9 Å². The second kappa shape index (κ2) is 9.07. The van der Waals surface area contributed by atoms with Crippen molar-refractivity contribution in [3.63, 3.8) is 0 Å². The number of carbonyl (C=O) groups is 1. The Morgan fingerprint density at radius 3 is 2.50 bits per heavy atom. The molecule has 4 rings (SSSR count). The van der Waals surface area contributed by atoms with Crippen molar-refractivity contribution >= 4 is 54.6 Å². The maximum Gasteiger partial charge on any atom is 0.289 e. The molecule has 4 aromatic rings. The zero-order valence-corrected chi connectivity index (χ0v) is 19.1. The number of rotatable bonds is 7. The molecule has 0 saturated heterocycles. The molecular weight excluding hydrogens is 454 g/mol. The van der Waals surface area contributed by atoms with Gasteiger partial charge < -0.3 is 18.8 Å². The molecule has 0 fully saturated rings. The summed E-state index contributed by atoms with van der Waals surface area (Å²) >= 11 is 2.61. The van der Waals surface area contributed by atoms with Crippen LogP contribution in [-0.2, 0) is 11.3 Å². The lowest BCUT2D eigenvalue weighted by Crippen LogP contribution is -2.19. The van der Waals surface area contributed by atoms with Gasteiger partial charge in [0.1, 0.15) is 0 Å². The first-order valence-electron chi connectivity index (χ1n) is 9.46. The Balaban J connectivity index is 1.81. The number of ether oxygens (including phenoxy) is 3. The van der Waals surface area contributed by atoms with E-state index in [1.54, 1.807) is 33.5 Å². The summed E-state index contributed by atoms with van der Waals surface area (Å²) in [6, 6.07) is 9.87. The Hall–Kier alpha value is -3.28. The highest BCUT2D eigenvalue weighted by atomic mass is 32.1. The first-order chi connectivity index (χ1) is 15.4. The SMILES string of the molecule is COCCn1c(=NC(=O)c2cc3cc([N+](=O)[O-])ccc3s2)sc2cc(OC)c(OC)cc21. The van der Waals surface area contributed by atoms with E-state index in [-0.39, 0.29) is 5.69 Å². The first-order valence-corrected chi connectivity index (χ1v) is 11.1. The molecule has 0 unspecified atom stereocenters. The number of fused-ring (bicyclic) bond motifs is 2. The molecule has 0 bridgehead atoms. The van der Waals surface area contributed by atoms with Crippen molar-refractivity contribution in [3.8, 4) is 11.5 Å². The van der Waals surface area contributed by atoms with Crippen LogP contribution in [0.1, 0.15) is 9.67 Å². The van der Waals surface area contributed by atoms with Crippen LogP contribution in [0.15, 0.2) is 41.4 Å². The standard InChI is InChI=1S/C21H19N3O6S2/c1-28-7-6-23-14-10-15(29-2)16(30-3)11-18(14)32-21(23)22-20(25)19-9-12-8-13(24(26)27)4-5-17(12)31-19/h4-5,8-11H,6-7H2,1-3H3. The highest BCUT2D eigenvalue weighted by molar-refractivity contribution is 7.21.